The number of ether oxygens (including phenoxy) is 1. The summed E-state index contributed by atoms with van der Waals surface area (Å²) in [6.07, 6.45) is 0.868. The highest BCUT2D eigenvalue weighted by atomic mass is 16.5. The third-order valence-electron chi connectivity index (χ3n) is 2.42. The van der Waals surface area contributed by atoms with E-state index in [0.717, 1.165) is 5.56 Å². The number of anilines is 1. The Labute approximate surface area is 109 Å². The number of amides is 1. The first-order chi connectivity index (χ1) is 9.15. The molecule has 0 radical (unpaired) electrons. The Hall–Kier alpha value is -2.63. The van der Waals surface area contributed by atoms with Crippen LogP contribution in [0.1, 0.15) is 5.56 Å². The summed E-state index contributed by atoms with van der Waals surface area (Å²) in [5.41, 5.74) is 0.440. The van der Waals surface area contributed by atoms with Gasteiger partial charge in [-0.3, -0.25) is 5.32 Å². The SMILES string of the molecule is Cn1ccc(NC(=O)OCc2ccccc2)nc1=O. The fourth-order valence-electron chi connectivity index (χ4n) is 1.40. The second-order valence-corrected chi connectivity index (χ2v) is 3.89. The van der Waals surface area contributed by atoms with Crippen LogP contribution in [0.15, 0.2) is 47.4 Å². The number of aryl methyl sites for hydroxylation is 1. The number of carbonyl (C=O) groups is 1. The van der Waals surface area contributed by atoms with E-state index in [4.69, 9.17) is 4.74 Å². The average molecular weight is 259 g/mol. The monoisotopic (exact) mass is 259 g/mol. The normalized spacial score (nSPS) is 9.95. The maximum absolute atomic E-state index is 11.5. The van der Waals surface area contributed by atoms with Gasteiger partial charge in [0, 0.05) is 13.2 Å². The zero-order valence-corrected chi connectivity index (χ0v) is 10.4. The molecule has 0 saturated carbocycles. The predicted octanol–water partition coefficient (Wildman–Crippen LogP) is 1.53. The van der Waals surface area contributed by atoms with Crippen LogP contribution in [-0.4, -0.2) is 15.6 Å². The number of hydrogen-bond donors (Lipinski definition) is 1. The van der Waals surface area contributed by atoms with E-state index in [0.29, 0.717) is 0 Å². The summed E-state index contributed by atoms with van der Waals surface area (Å²) in [4.78, 5) is 26.4. The second kappa shape index (κ2) is 5.81. The quantitative estimate of drug-likeness (QED) is 0.907. The third-order valence-corrected chi connectivity index (χ3v) is 2.42. The summed E-state index contributed by atoms with van der Waals surface area (Å²) in [5.74, 6) is 0.168. The summed E-state index contributed by atoms with van der Waals surface area (Å²) in [6.45, 7) is 0.164. The van der Waals surface area contributed by atoms with Crippen molar-refractivity contribution >= 4 is 11.9 Å². The van der Waals surface area contributed by atoms with Gasteiger partial charge in [-0.25, -0.2) is 9.59 Å². The Morgan fingerprint density at radius 1 is 1.32 bits per heavy atom. The number of carbonyl (C=O) groups excluding carboxylic acids is 1. The maximum atomic E-state index is 11.5. The molecule has 1 aromatic carbocycles. The van der Waals surface area contributed by atoms with Crippen molar-refractivity contribution in [2.75, 3.05) is 5.32 Å². The molecule has 1 aromatic heterocycles. The number of nitrogens with zero attached hydrogens (tertiary/aromatic N) is 2. The summed E-state index contributed by atoms with van der Waals surface area (Å²) in [5, 5.41) is 2.39. The van der Waals surface area contributed by atoms with E-state index in [-0.39, 0.29) is 12.4 Å². The minimum absolute atomic E-state index is 0.164. The van der Waals surface area contributed by atoms with Gasteiger partial charge in [-0.1, -0.05) is 30.3 Å². The molecule has 0 bridgehead atoms. The molecule has 1 N–H and O–H groups in total. The molecule has 0 aliphatic carbocycles. The van der Waals surface area contributed by atoms with Crippen LogP contribution in [-0.2, 0) is 18.4 Å². The highest BCUT2D eigenvalue weighted by Gasteiger charge is 2.05. The first kappa shape index (κ1) is 12.8. The first-order valence-electron chi connectivity index (χ1n) is 5.66. The molecule has 19 heavy (non-hydrogen) atoms. The topological polar surface area (TPSA) is 73.2 Å². The first-order valence-corrected chi connectivity index (χ1v) is 5.66. The van der Waals surface area contributed by atoms with Crippen molar-refractivity contribution in [1.82, 2.24) is 9.55 Å². The van der Waals surface area contributed by atoms with Gasteiger partial charge in [0.25, 0.3) is 0 Å². The van der Waals surface area contributed by atoms with Gasteiger partial charge in [0.2, 0.25) is 0 Å². The van der Waals surface area contributed by atoms with E-state index < -0.39 is 11.8 Å². The molecular formula is C13H13N3O3. The van der Waals surface area contributed by atoms with E-state index in [9.17, 15) is 9.59 Å². The molecule has 1 heterocycles. The van der Waals surface area contributed by atoms with Crippen LogP contribution < -0.4 is 11.0 Å². The van der Waals surface area contributed by atoms with E-state index in [1.54, 1.807) is 7.05 Å². The Bertz CT molecular complexity index is 623. The fraction of sp³-hybridized carbons (Fsp3) is 0.154. The van der Waals surface area contributed by atoms with Gasteiger partial charge in [0.05, 0.1) is 0 Å². The maximum Gasteiger partial charge on any atom is 0.413 e. The predicted molar refractivity (Wildman–Crippen MR) is 69.7 cm³/mol. The van der Waals surface area contributed by atoms with E-state index in [1.165, 1.54) is 16.8 Å². The average Bonchev–Trinajstić information content (AvgIpc) is 2.42. The minimum Gasteiger partial charge on any atom is -0.444 e. The zero-order valence-electron chi connectivity index (χ0n) is 10.4. The van der Waals surface area contributed by atoms with Gasteiger partial charge in [0.1, 0.15) is 12.4 Å². The third kappa shape index (κ3) is 3.67. The number of benzene rings is 1. The van der Waals surface area contributed by atoms with Crippen molar-refractivity contribution in [3.63, 3.8) is 0 Å². The number of nitrogens with one attached hydrogen (secondary N) is 1. The summed E-state index contributed by atoms with van der Waals surface area (Å²) in [7, 11) is 1.58. The van der Waals surface area contributed by atoms with Crippen molar-refractivity contribution in [2.24, 2.45) is 7.05 Å². The Balaban J connectivity index is 1.91. The zero-order chi connectivity index (χ0) is 13.7. The van der Waals surface area contributed by atoms with E-state index in [1.807, 2.05) is 30.3 Å². The Morgan fingerprint density at radius 3 is 2.74 bits per heavy atom. The summed E-state index contributed by atoms with van der Waals surface area (Å²) < 4.78 is 6.31. The molecular weight excluding hydrogens is 246 g/mol. The lowest BCUT2D eigenvalue weighted by Gasteiger charge is -2.06. The molecule has 6 nitrogen and oxygen atoms in total. The lowest BCUT2D eigenvalue weighted by molar-refractivity contribution is 0.155. The smallest absolute Gasteiger partial charge is 0.413 e. The van der Waals surface area contributed by atoms with Crippen molar-refractivity contribution < 1.29 is 9.53 Å². The number of aromatic nitrogens is 2. The van der Waals surface area contributed by atoms with Crippen molar-refractivity contribution in [3.05, 3.63) is 58.6 Å². The van der Waals surface area contributed by atoms with Gasteiger partial charge < -0.3 is 9.30 Å². The molecule has 0 aliphatic heterocycles. The van der Waals surface area contributed by atoms with E-state index >= 15 is 0 Å². The molecule has 0 saturated heterocycles. The fourth-order valence-corrected chi connectivity index (χ4v) is 1.40. The standard InChI is InChI=1S/C13H13N3O3/c1-16-8-7-11(14-12(16)17)15-13(18)19-9-10-5-3-2-4-6-10/h2-8H,9H2,1H3,(H,14,15,17,18). The molecule has 0 aliphatic rings. The van der Waals surface area contributed by atoms with Crippen LogP contribution in [0.4, 0.5) is 10.6 Å². The van der Waals surface area contributed by atoms with Gasteiger partial charge in [-0.2, -0.15) is 4.98 Å². The summed E-state index contributed by atoms with van der Waals surface area (Å²) >= 11 is 0. The molecule has 6 heteroatoms. The number of hydrogen-bond acceptors (Lipinski definition) is 4. The van der Waals surface area contributed by atoms with Gasteiger partial charge in [0.15, 0.2) is 0 Å². The van der Waals surface area contributed by atoms with Crippen LogP contribution >= 0.6 is 0 Å². The molecule has 0 spiro atoms. The Kier molecular flexibility index (Phi) is 3.92. The highest BCUT2D eigenvalue weighted by Crippen LogP contribution is 2.03. The van der Waals surface area contributed by atoms with Crippen LogP contribution in [0.5, 0.6) is 0 Å². The van der Waals surface area contributed by atoms with E-state index in [2.05, 4.69) is 10.3 Å². The second-order valence-electron chi connectivity index (χ2n) is 3.89. The van der Waals surface area contributed by atoms with Crippen LogP contribution in [0, 0.1) is 0 Å². The molecule has 0 fully saturated rings. The van der Waals surface area contributed by atoms with Gasteiger partial charge in [-0.15, -0.1) is 0 Å². The lowest BCUT2D eigenvalue weighted by Crippen LogP contribution is -2.22. The Morgan fingerprint density at radius 2 is 2.05 bits per heavy atom. The van der Waals surface area contributed by atoms with Gasteiger partial charge in [-0.05, 0) is 11.6 Å². The molecule has 0 unspecified atom stereocenters. The molecule has 0 atom stereocenters. The lowest BCUT2D eigenvalue weighted by atomic mass is 10.2. The molecule has 98 valence electrons. The van der Waals surface area contributed by atoms with Crippen molar-refractivity contribution in [3.8, 4) is 0 Å². The minimum atomic E-state index is -0.649. The van der Waals surface area contributed by atoms with Crippen molar-refractivity contribution in [2.45, 2.75) is 6.61 Å². The molecule has 2 rings (SSSR count). The largest absolute Gasteiger partial charge is 0.444 e. The summed E-state index contributed by atoms with van der Waals surface area (Å²) in [6, 6.07) is 10.8. The highest BCUT2D eigenvalue weighted by molar-refractivity contribution is 5.83. The molecule has 1 amide bonds. The van der Waals surface area contributed by atoms with Crippen LogP contribution in [0.2, 0.25) is 0 Å². The molecule has 2 aromatic rings. The van der Waals surface area contributed by atoms with Gasteiger partial charge >= 0.3 is 11.8 Å². The van der Waals surface area contributed by atoms with Crippen molar-refractivity contribution in [1.29, 1.82) is 0 Å². The number of rotatable bonds is 3. The van der Waals surface area contributed by atoms with Crippen LogP contribution in [0.25, 0.3) is 0 Å². The van der Waals surface area contributed by atoms with Crippen LogP contribution in [0.3, 0.4) is 0 Å².